The van der Waals surface area contributed by atoms with Crippen LogP contribution in [0.2, 0.25) is 0 Å². The second-order valence-electron chi connectivity index (χ2n) is 4.72. The minimum absolute atomic E-state index is 0.317. The van der Waals surface area contributed by atoms with Crippen LogP contribution < -0.4 is 0 Å². The number of methoxy groups -OCH3 is 1. The number of carbonyl (C=O) groups excluding carboxylic acids is 1. The zero-order chi connectivity index (χ0) is 15.2. The lowest BCUT2D eigenvalue weighted by molar-refractivity contribution is 0.0600. The molecule has 3 nitrogen and oxygen atoms in total. The maximum atomic E-state index is 11.3. The highest BCUT2D eigenvalue weighted by Gasteiger charge is 2.05. The summed E-state index contributed by atoms with van der Waals surface area (Å²) in [6, 6.07) is 15.3. The predicted octanol–water partition coefficient (Wildman–Crippen LogP) is 3.82. The number of rotatable bonds is 5. The lowest BCUT2D eigenvalue weighted by Crippen LogP contribution is -2.00. The number of ether oxygens (including phenoxy) is 1. The van der Waals surface area contributed by atoms with Crippen LogP contribution in [0, 0.1) is 0 Å². The summed E-state index contributed by atoms with van der Waals surface area (Å²) in [6.45, 7) is 1.75. The van der Waals surface area contributed by atoms with Crippen LogP contribution in [0.4, 0.5) is 0 Å². The third-order valence-electron chi connectivity index (χ3n) is 3.14. The molecule has 0 aromatic heterocycles. The van der Waals surface area contributed by atoms with Crippen LogP contribution in [0.3, 0.4) is 0 Å². The van der Waals surface area contributed by atoms with E-state index in [1.165, 1.54) is 7.11 Å². The molecule has 0 aliphatic heterocycles. The number of aliphatic hydroxyl groups is 1. The summed E-state index contributed by atoms with van der Waals surface area (Å²) in [5, 5.41) is 9.47. The van der Waals surface area contributed by atoms with Gasteiger partial charge in [-0.3, -0.25) is 0 Å². The molecule has 1 atom stereocenters. The largest absolute Gasteiger partial charge is 0.465 e. The van der Waals surface area contributed by atoms with Gasteiger partial charge in [-0.15, -0.1) is 11.8 Å². The Morgan fingerprint density at radius 1 is 1.14 bits per heavy atom. The van der Waals surface area contributed by atoms with Crippen molar-refractivity contribution in [3.05, 3.63) is 65.2 Å². The van der Waals surface area contributed by atoms with Crippen LogP contribution in [0.5, 0.6) is 0 Å². The van der Waals surface area contributed by atoms with Crippen LogP contribution in [-0.2, 0) is 10.5 Å². The lowest BCUT2D eigenvalue weighted by Gasteiger charge is -2.06. The molecule has 4 heteroatoms. The van der Waals surface area contributed by atoms with Crippen LogP contribution in [0.25, 0.3) is 0 Å². The quantitative estimate of drug-likeness (QED) is 0.674. The van der Waals surface area contributed by atoms with Gasteiger partial charge < -0.3 is 9.84 Å². The predicted molar refractivity (Wildman–Crippen MR) is 84.4 cm³/mol. The van der Waals surface area contributed by atoms with Gasteiger partial charge in [-0.1, -0.05) is 24.3 Å². The van der Waals surface area contributed by atoms with E-state index in [4.69, 9.17) is 0 Å². The van der Waals surface area contributed by atoms with Gasteiger partial charge in [0.1, 0.15) is 0 Å². The number of hydrogen-bond acceptors (Lipinski definition) is 4. The molecule has 0 aliphatic rings. The zero-order valence-corrected chi connectivity index (χ0v) is 12.9. The monoisotopic (exact) mass is 302 g/mol. The first-order valence-corrected chi connectivity index (χ1v) is 7.67. The van der Waals surface area contributed by atoms with Crippen LogP contribution in [-0.4, -0.2) is 18.2 Å². The highest BCUT2D eigenvalue weighted by Crippen LogP contribution is 2.24. The summed E-state index contributed by atoms with van der Waals surface area (Å²) in [5.41, 5.74) is 2.63. The fourth-order valence-corrected chi connectivity index (χ4v) is 2.72. The Morgan fingerprint density at radius 3 is 2.29 bits per heavy atom. The number of benzene rings is 2. The van der Waals surface area contributed by atoms with Gasteiger partial charge in [-0.2, -0.15) is 0 Å². The van der Waals surface area contributed by atoms with Gasteiger partial charge in [0.2, 0.25) is 0 Å². The van der Waals surface area contributed by atoms with Crippen LogP contribution in [0.1, 0.15) is 34.5 Å². The first kappa shape index (κ1) is 15.6. The van der Waals surface area contributed by atoms with Crippen molar-refractivity contribution in [2.75, 3.05) is 7.11 Å². The normalized spacial score (nSPS) is 12.0. The molecule has 0 spiro atoms. The summed E-state index contributed by atoms with van der Waals surface area (Å²) in [6.07, 6.45) is -0.435. The van der Waals surface area contributed by atoms with E-state index in [2.05, 4.69) is 4.74 Å². The van der Waals surface area contributed by atoms with Crippen LogP contribution in [0.15, 0.2) is 53.4 Å². The second-order valence-corrected chi connectivity index (χ2v) is 5.77. The van der Waals surface area contributed by atoms with E-state index in [1.54, 1.807) is 30.8 Å². The number of carbonyl (C=O) groups is 1. The molecule has 0 heterocycles. The van der Waals surface area contributed by atoms with Crippen molar-refractivity contribution in [1.82, 2.24) is 0 Å². The van der Waals surface area contributed by atoms with E-state index in [0.29, 0.717) is 5.56 Å². The van der Waals surface area contributed by atoms with E-state index in [0.717, 1.165) is 21.8 Å². The molecule has 0 fully saturated rings. The number of thioether (sulfide) groups is 1. The van der Waals surface area contributed by atoms with E-state index in [-0.39, 0.29) is 5.97 Å². The van der Waals surface area contributed by atoms with E-state index in [9.17, 15) is 9.90 Å². The molecule has 0 bridgehead atoms. The Hall–Kier alpha value is -1.78. The molecule has 1 unspecified atom stereocenters. The first-order chi connectivity index (χ1) is 10.1. The standard InChI is InChI=1S/C17H18O3S/c1-12(18)14-7-9-16(10-8-14)21-11-13-3-5-15(6-4-13)17(19)20-2/h3-10,12,18H,11H2,1-2H3. The summed E-state index contributed by atoms with van der Waals surface area (Å²) in [5.74, 6) is 0.512. The van der Waals surface area contributed by atoms with Crippen molar-refractivity contribution in [1.29, 1.82) is 0 Å². The number of hydrogen-bond donors (Lipinski definition) is 1. The SMILES string of the molecule is COC(=O)c1ccc(CSc2ccc(C(C)O)cc2)cc1. The van der Waals surface area contributed by atoms with Gasteiger partial charge >= 0.3 is 5.97 Å². The van der Waals surface area contributed by atoms with Crippen molar-refractivity contribution in [3.8, 4) is 0 Å². The first-order valence-electron chi connectivity index (χ1n) is 6.68. The highest BCUT2D eigenvalue weighted by atomic mass is 32.2. The topological polar surface area (TPSA) is 46.5 Å². The Morgan fingerprint density at radius 2 is 1.76 bits per heavy atom. The van der Waals surface area contributed by atoms with Crippen molar-refractivity contribution in [2.45, 2.75) is 23.7 Å². The van der Waals surface area contributed by atoms with Gasteiger partial charge in [0, 0.05) is 10.6 Å². The van der Waals surface area contributed by atoms with Gasteiger partial charge in [-0.25, -0.2) is 4.79 Å². The highest BCUT2D eigenvalue weighted by molar-refractivity contribution is 7.98. The minimum atomic E-state index is -0.435. The Balaban J connectivity index is 1.95. The van der Waals surface area contributed by atoms with Crippen molar-refractivity contribution in [3.63, 3.8) is 0 Å². The molecule has 110 valence electrons. The summed E-state index contributed by atoms with van der Waals surface area (Å²) >= 11 is 1.72. The maximum absolute atomic E-state index is 11.3. The molecule has 21 heavy (non-hydrogen) atoms. The van der Waals surface area contributed by atoms with Gasteiger partial charge in [0.15, 0.2) is 0 Å². The number of aliphatic hydroxyl groups excluding tert-OH is 1. The van der Waals surface area contributed by atoms with E-state index < -0.39 is 6.10 Å². The minimum Gasteiger partial charge on any atom is -0.465 e. The number of esters is 1. The maximum Gasteiger partial charge on any atom is 0.337 e. The molecule has 0 radical (unpaired) electrons. The van der Waals surface area contributed by atoms with Gasteiger partial charge in [-0.05, 0) is 42.3 Å². The van der Waals surface area contributed by atoms with Crippen molar-refractivity contribution in [2.24, 2.45) is 0 Å². The third kappa shape index (κ3) is 4.34. The zero-order valence-electron chi connectivity index (χ0n) is 12.1. The summed E-state index contributed by atoms with van der Waals surface area (Å²) in [7, 11) is 1.38. The molecule has 2 aromatic rings. The summed E-state index contributed by atoms with van der Waals surface area (Å²) in [4.78, 5) is 12.5. The molecule has 2 rings (SSSR count). The Labute approximate surface area is 129 Å². The Kier molecular flexibility index (Phi) is 5.42. The molecular formula is C17H18O3S. The Bertz CT molecular complexity index is 588. The molecule has 2 aromatic carbocycles. The average molecular weight is 302 g/mol. The van der Waals surface area contributed by atoms with Crippen molar-refractivity contribution < 1.29 is 14.6 Å². The molecule has 0 aliphatic carbocycles. The van der Waals surface area contributed by atoms with E-state index in [1.807, 2.05) is 36.4 Å². The van der Waals surface area contributed by atoms with Crippen LogP contribution >= 0.6 is 11.8 Å². The second kappa shape index (κ2) is 7.29. The van der Waals surface area contributed by atoms with Gasteiger partial charge in [0.05, 0.1) is 18.8 Å². The molecule has 0 saturated carbocycles. The van der Waals surface area contributed by atoms with E-state index >= 15 is 0 Å². The third-order valence-corrected chi connectivity index (χ3v) is 4.23. The van der Waals surface area contributed by atoms with Gasteiger partial charge in [0.25, 0.3) is 0 Å². The van der Waals surface area contributed by atoms with Crippen molar-refractivity contribution >= 4 is 17.7 Å². The molecule has 1 N–H and O–H groups in total. The lowest BCUT2D eigenvalue weighted by atomic mass is 10.1. The average Bonchev–Trinajstić information content (AvgIpc) is 2.53. The molecule has 0 saturated heterocycles. The smallest absolute Gasteiger partial charge is 0.337 e. The molecular weight excluding hydrogens is 284 g/mol. The summed E-state index contributed by atoms with van der Waals surface area (Å²) < 4.78 is 4.67. The molecule has 0 amide bonds. The fourth-order valence-electron chi connectivity index (χ4n) is 1.86. The fraction of sp³-hybridized carbons (Fsp3) is 0.235.